The van der Waals surface area contributed by atoms with E-state index in [2.05, 4.69) is 20.8 Å². The van der Waals surface area contributed by atoms with Crippen LogP contribution in [0.4, 0.5) is 14.6 Å². The van der Waals surface area contributed by atoms with Crippen LogP contribution in [-0.2, 0) is 16.6 Å². The van der Waals surface area contributed by atoms with Crippen molar-refractivity contribution in [2.75, 3.05) is 18.4 Å². The number of aromatic amines is 1. The fourth-order valence-corrected chi connectivity index (χ4v) is 6.08. The molecule has 14 heteroatoms. The molecule has 3 aromatic rings. The molecular formula is C20H20ClF2N5O4S2. The second-order valence-corrected chi connectivity index (χ2v) is 10.2. The Morgan fingerprint density at radius 3 is 2.50 bits per heavy atom. The predicted octanol–water partition coefficient (Wildman–Crippen LogP) is 3.62. The van der Waals surface area contributed by atoms with Crippen molar-refractivity contribution in [3.05, 3.63) is 62.4 Å². The molecule has 2 aromatic heterocycles. The number of aromatic nitrogens is 2. The molecule has 1 aromatic carbocycles. The van der Waals surface area contributed by atoms with Crippen LogP contribution >= 0.6 is 22.9 Å². The first kappa shape index (κ1) is 25.7. The molecule has 2 amide bonds. The molecule has 0 bridgehead atoms. The molecule has 9 nitrogen and oxygen atoms in total. The van der Waals surface area contributed by atoms with E-state index in [1.807, 2.05) is 0 Å². The SMILES string of the molecule is CCN(CC)S(=O)(=O)c1ccsc1CNC(=O)c1cc(NC(=O)c2cc(F)c(F)cc2Cl)[nH]n1. The van der Waals surface area contributed by atoms with Crippen molar-refractivity contribution in [3.8, 4) is 0 Å². The van der Waals surface area contributed by atoms with Gasteiger partial charge >= 0.3 is 0 Å². The fraction of sp³-hybridized carbons (Fsp3) is 0.250. The molecule has 0 atom stereocenters. The number of hydrogen-bond donors (Lipinski definition) is 3. The molecule has 0 unspecified atom stereocenters. The molecular weight excluding hydrogens is 512 g/mol. The van der Waals surface area contributed by atoms with E-state index < -0.39 is 33.5 Å². The number of anilines is 1. The lowest BCUT2D eigenvalue weighted by molar-refractivity contribution is 0.0945. The van der Waals surface area contributed by atoms with Crippen molar-refractivity contribution in [3.63, 3.8) is 0 Å². The van der Waals surface area contributed by atoms with Crippen molar-refractivity contribution >= 4 is 50.6 Å². The molecule has 3 rings (SSSR count). The molecule has 0 aliphatic carbocycles. The number of carbonyl (C=O) groups excluding carboxylic acids is 2. The quantitative estimate of drug-likeness (QED) is 0.364. The van der Waals surface area contributed by atoms with Gasteiger partial charge in [-0.3, -0.25) is 14.7 Å². The smallest absolute Gasteiger partial charge is 0.272 e. The first-order valence-electron chi connectivity index (χ1n) is 9.94. The number of amides is 2. The normalized spacial score (nSPS) is 11.6. The lowest BCUT2D eigenvalue weighted by Crippen LogP contribution is -2.31. The Morgan fingerprint density at radius 1 is 1.15 bits per heavy atom. The van der Waals surface area contributed by atoms with E-state index in [4.69, 9.17) is 11.6 Å². The zero-order chi connectivity index (χ0) is 25.0. The average Bonchev–Trinajstić information content (AvgIpc) is 3.45. The van der Waals surface area contributed by atoms with Gasteiger partial charge in [0.05, 0.1) is 22.0 Å². The Kier molecular flexibility index (Phi) is 8.02. The maximum Gasteiger partial charge on any atom is 0.272 e. The van der Waals surface area contributed by atoms with Crippen molar-refractivity contribution in [1.29, 1.82) is 0 Å². The van der Waals surface area contributed by atoms with Crippen LogP contribution in [0.3, 0.4) is 0 Å². The summed E-state index contributed by atoms with van der Waals surface area (Å²) in [5.41, 5.74) is -0.391. The second kappa shape index (κ2) is 10.6. The van der Waals surface area contributed by atoms with Gasteiger partial charge in [0.15, 0.2) is 17.3 Å². The minimum Gasteiger partial charge on any atom is -0.346 e. The van der Waals surface area contributed by atoms with E-state index in [1.165, 1.54) is 27.8 Å². The zero-order valence-corrected chi connectivity index (χ0v) is 20.4. The van der Waals surface area contributed by atoms with Crippen molar-refractivity contribution < 1.29 is 26.8 Å². The van der Waals surface area contributed by atoms with E-state index in [1.54, 1.807) is 19.2 Å². The fourth-order valence-electron chi connectivity index (χ4n) is 3.03. The number of hydrogen-bond acceptors (Lipinski definition) is 6. The monoisotopic (exact) mass is 531 g/mol. The van der Waals surface area contributed by atoms with Crippen LogP contribution in [0.5, 0.6) is 0 Å². The van der Waals surface area contributed by atoms with Crippen LogP contribution in [0.1, 0.15) is 39.6 Å². The van der Waals surface area contributed by atoms with Crippen molar-refractivity contribution in [2.24, 2.45) is 0 Å². The van der Waals surface area contributed by atoms with E-state index in [9.17, 15) is 26.8 Å². The number of thiophene rings is 1. The number of rotatable bonds is 9. The highest BCUT2D eigenvalue weighted by atomic mass is 35.5. The minimum atomic E-state index is -3.68. The van der Waals surface area contributed by atoms with Gasteiger partial charge in [-0.05, 0) is 23.6 Å². The van der Waals surface area contributed by atoms with Crippen LogP contribution in [0.2, 0.25) is 5.02 Å². The summed E-state index contributed by atoms with van der Waals surface area (Å²) in [4.78, 5) is 25.4. The van der Waals surface area contributed by atoms with Crippen LogP contribution in [0, 0.1) is 11.6 Å². The van der Waals surface area contributed by atoms with Gasteiger partial charge in [0.1, 0.15) is 5.82 Å². The summed E-state index contributed by atoms with van der Waals surface area (Å²) < 4.78 is 53.5. The van der Waals surface area contributed by atoms with Crippen LogP contribution in [-0.4, -0.2) is 47.8 Å². The standard InChI is InChI=1S/C20H20ClF2N5O4S2/c1-3-28(4-2)34(31,32)17-5-6-33-16(17)10-24-20(30)15-9-18(27-26-15)25-19(29)11-7-13(22)14(23)8-12(11)21/h5-9H,3-4,10H2,1-2H3,(H,24,30)(H2,25,26,27,29). The van der Waals surface area contributed by atoms with E-state index in [0.717, 1.165) is 0 Å². The molecule has 0 aliphatic heterocycles. The highest BCUT2D eigenvalue weighted by Crippen LogP contribution is 2.25. The summed E-state index contributed by atoms with van der Waals surface area (Å²) >= 11 is 6.98. The Bertz CT molecular complexity index is 1320. The molecule has 0 radical (unpaired) electrons. The van der Waals surface area contributed by atoms with E-state index >= 15 is 0 Å². The summed E-state index contributed by atoms with van der Waals surface area (Å²) in [6, 6.07) is 4.05. The van der Waals surface area contributed by atoms with Gasteiger partial charge in [0, 0.05) is 24.0 Å². The number of halogens is 3. The first-order valence-corrected chi connectivity index (χ1v) is 12.6. The Balaban J connectivity index is 1.67. The summed E-state index contributed by atoms with van der Waals surface area (Å²) in [6.07, 6.45) is 0. The van der Waals surface area contributed by atoms with Gasteiger partial charge in [0.25, 0.3) is 11.8 Å². The summed E-state index contributed by atoms with van der Waals surface area (Å²) in [6.45, 7) is 4.06. The van der Waals surface area contributed by atoms with E-state index in [-0.39, 0.29) is 33.5 Å². The summed E-state index contributed by atoms with van der Waals surface area (Å²) in [5.74, 6) is -3.89. The number of carbonyl (C=O) groups is 2. The van der Waals surface area contributed by atoms with Gasteiger partial charge in [-0.25, -0.2) is 17.2 Å². The maximum absolute atomic E-state index is 13.4. The van der Waals surface area contributed by atoms with Gasteiger partial charge in [-0.15, -0.1) is 11.3 Å². The Labute approximate surface area is 203 Å². The van der Waals surface area contributed by atoms with Crippen molar-refractivity contribution in [2.45, 2.75) is 25.3 Å². The Hall–Kier alpha value is -2.87. The number of nitrogens with zero attached hydrogens (tertiary/aromatic N) is 2. The van der Waals surface area contributed by atoms with E-state index in [0.29, 0.717) is 30.1 Å². The topological polar surface area (TPSA) is 124 Å². The van der Waals surface area contributed by atoms with Crippen molar-refractivity contribution in [1.82, 2.24) is 19.8 Å². The lowest BCUT2D eigenvalue weighted by Gasteiger charge is -2.18. The molecule has 0 spiro atoms. The second-order valence-electron chi connectivity index (χ2n) is 6.85. The predicted molar refractivity (Wildman–Crippen MR) is 124 cm³/mol. The van der Waals surface area contributed by atoms with Gasteiger partial charge in [0.2, 0.25) is 10.0 Å². The molecule has 0 aliphatic rings. The number of H-pyrrole nitrogens is 1. The van der Waals surface area contributed by atoms with Crippen LogP contribution in [0.15, 0.2) is 34.5 Å². The third-order valence-corrected chi connectivity index (χ3v) is 8.25. The number of benzene rings is 1. The zero-order valence-electron chi connectivity index (χ0n) is 18.0. The van der Waals surface area contributed by atoms with Gasteiger partial charge in [-0.2, -0.15) is 9.40 Å². The highest BCUT2D eigenvalue weighted by Gasteiger charge is 2.26. The Morgan fingerprint density at radius 2 is 1.82 bits per heavy atom. The molecule has 182 valence electrons. The molecule has 0 fully saturated rings. The molecule has 2 heterocycles. The number of sulfonamides is 1. The summed E-state index contributed by atoms with van der Waals surface area (Å²) in [7, 11) is -3.68. The molecule has 0 saturated heterocycles. The maximum atomic E-state index is 13.4. The van der Waals surface area contributed by atoms with Gasteiger partial charge in [-0.1, -0.05) is 25.4 Å². The number of nitrogens with one attached hydrogen (secondary N) is 3. The lowest BCUT2D eigenvalue weighted by atomic mass is 10.2. The largest absolute Gasteiger partial charge is 0.346 e. The highest BCUT2D eigenvalue weighted by molar-refractivity contribution is 7.89. The minimum absolute atomic E-state index is 0.0110. The first-order chi connectivity index (χ1) is 16.1. The van der Waals surface area contributed by atoms with Crippen LogP contribution in [0.25, 0.3) is 0 Å². The molecule has 0 saturated carbocycles. The van der Waals surface area contributed by atoms with Gasteiger partial charge < -0.3 is 10.6 Å². The molecule has 3 N–H and O–H groups in total. The average molecular weight is 532 g/mol. The third-order valence-electron chi connectivity index (χ3n) is 4.75. The molecule has 34 heavy (non-hydrogen) atoms. The van der Waals surface area contributed by atoms with Crippen LogP contribution < -0.4 is 10.6 Å². The summed E-state index contributed by atoms with van der Waals surface area (Å²) in [5, 5.41) is 12.5. The third kappa shape index (κ3) is 5.43.